The zero-order valence-corrected chi connectivity index (χ0v) is 7.97. The molecule has 0 aliphatic carbocycles. The van der Waals surface area contributed by atoms with Gasteiger partial charge in [0.05, 0.1) is 5.75 Å². The van der Waals surface area contributed by atoms with Crippen LogP contribution >= 0.6 is 11.8 Å². The Hall–Kier alpha value is -0.760. The fourth-order valence-electron chi connectivity index (χ4n) is 0.945. The van der Waals surface area contributed by atoms with E-state index in [2.05, 4.69) is 0 Å². The van der Waals surface area contributed by atoms with Crippen molar-refractivity contribution in [1.82, 2.24) is 0 Å². The highest BCUT2D eigenvalue weighted by Gasteiger charge is 2.45. The molecular weight excluding hydrogens is 218 g/mol. The Morgan fingerprint density at radius 3 is 2.23 bits per heavy atom. The second-order valence-corrected chi connectivity index (χ2v) is 6.27. The molecule has 1 saturated heterocycles. The second kappa shape index (κ2) is 3.18. The van der Waals surface area contributed by atoms with Crippen LogP contribution in [0.1, 0.15) is 0 Å². The molecular formula is C5H7NO5S2. The third-order valence-corrected chi connectivity index (χ3v) is 5.79. The first kappa shape index (κ1) is 10.3. The molecule has 2 atom stereocenters. The van der Waals surface area contributed by atoms with Gasteiger partial charge in [0, 0.05) is 0 Å². The first-order chi connectivity index (χ1) is 5.84. The summed E-state index contributed by atoms with van der Waals surface area (Å²) in [5.74, 6) is -2.77. The zero-order valence-electron chi connectivity index (χ0n) is 6.34. The normalized spacial score (nSPS) is 31.4. The van der Waals surface area contributed by atoms with E-state index in [4.69, 9.17) is 10.8 Å². The summed E-state index contributed by atoms with van der Waals surface area (Å²) < 4.78 is 20.9. The van der Waals surface area contributed by atoms with Gasteiger partial charge < -0.3 is 10.8 Å². The van der Waals surface area contributed by atoms with Gasteiger partial charge in [0.25, 0.3) is 0 Å². The van der Waals surface area contributed by atoms with Crippen molar-refractivity contribution in [3.63, 3.8) is 0 Å². The summed E-state index contributed by atoms with van der Waals surface area (Å²) in [6, 6.07) is 0. The fourth-order valence-corrected chi connectivity index (χ4v) is 4.79. The van der Waals surface area contributed by atoms with Gasteiger partial charge in [0.1, 0.15) is 5.25 Å². The van der Waals surface area contributed by atoms with Crippen LogP contribution in [0.15, 0.2) is 0 Å². The minimum absolute atomic E-state index is 0.527. The Bertz CT molecular complexity index is 348. The third kappa shape index (κ3) is 1.94. The van der Waals surface area contributed by atoms with E-state index >= 15 is 0 Å². The van der Waals surface area contributed by atoms with E-state index in [0.29, 0.717) is 11.8 Å². The number of nitrogens with two attached hydrogens (primary N) is 1. The van der Waals surface area contributed by atoms with Gasteiger partial charge in [-0.2, -0.15) is 0 Å². The van der Waals surface area contributed by atoms with Crippen LogP contribution in [-0.2, 0) is 19.4 Å². The molecule has 3 N–H and O–H groups in total. The summed E-state index contributed by atoms with van der Waals surface area (Å²) in [5.41, 5.74) is 4.80. The molecule has 0 aromatic carbocycles. The molecule has 1 aliphatic rings. The Kier molecular flexibility index (Phi) is 2.53. The van der Waals surface area contributed by atoms with E-state index in [1.54, 1.807) is 0 Å². The van der Waals surface area contributed by atoms with Crippen LogP contribution in [0, 0.1) is 0 Å². The van der Waals surface area contributed by atoms with Crippen molar-refractivity contribution in [2.45, 2.75) is 9.83 Å². The van der Waals surface area contributed by atoms with Crippen LogP contribution in [0.3, 0.4) is 0 Å². The second-order valence-electron chi connectivity index (χ2n) is 2.53. The monoisotopic (exact) mass is 225 g/mol. The highest BCUT2D eigenvalue weighted by atomic mass is 32.3. The predicted octanol–water partition coefficient (Wildman–Crippen LogP) is -1.59. The number of hydrogen-bond donors (Lipinski definition) is 2. The van der Waals surface area contributed by atoms with Gasteiger partial charge in [-0.3, -0.25) is 9.59 Å². The van der Waals surface area contributed by atoms with Gasteiger partial charge in [-0.05, 0) is 0 Å². The highest BCUT2D eigenvalue weighted by Crippen LogP contribution is 2.32. The number of rotatable bonds is 2. The van der Waals surface area contributed by atoms with Crippen molar-refractivity contribution in [3.05, 3.63) is 0 Å². The lowest BCUT2D eigenvalue weighted by atomic mass is 10.5. The van der Waals surface area contributed by atoms with E-state index in [1.807, 2.05) is 0 Å². The molecule has 13 heavy (non-hydrogen) atoms. The molecule has 0 aromatic heterocycles. The maximum absolute atomic E-state index is 11.1. The van der Waals surface area contributed by atoms with Gasteiger partial charge in [-0.25, -0.2) is 8.42 Å². The number of carbonyl (C=O) groups excluding carboxylic acids is 1. The smallest absolute Gasteiger partial charge is 0.317 e. The van der Waals surface area contributed by atoms with Crippen molar-refractivity contribution >= 4 is 33.5 Å². The Labute approximate surface area is 78.4 Å². The number of primary amides is 1. The summed E-state index contributed by atoms with van der Waals surface area (Å²) in [4.78, 5) is 21.0. The molecule has 0 radical (unpaired) electrons. The number of aliphatic carboxylic acids is 1. The van der Waals surface area contributed by atoms with Gasteiger partial charge >= 0.3 is 5.97 Å². The van der Waals surface area contributed by atoms with E-state index in [0.717, 1.165) is 0 Å². The molecule has 1 heterocycles. The van der Waals surface area contributed by atoms with Gasteiger partial charge in [0.15, 0.2) is 14.4 Å². The highest BCUT2D eigenvalue weighted by molar-refractivity contribution is 8.18. The van der Waals surface area contributed by atoms with E-state index < -0.39 is 37.3 Å². The van der Waals surface area contributed by atoms with Crippen molar-refractivity contribution in [1.29, 1.82) is 0 Å². The lowest BCUT2D eigenvalue weighted by Crippen LogP contribution is -2.30. The number of carboxylic acids is 1. The lowest BCUT2D eigenvalue weighted by molar-refractivity contribution is -0.135. The molecule has 8 heteroatoms. The Morgan fingerprint density at radius 2 is 2.00 bits per heavy atom. The van der Waals surface area contributed by atoms with Gasteiger partial charge in [0.2, 0.25) is 5.91 Å². The van der Waals surface area contributed by atoms with Crippen molar-refractivity contribution in [2.24, 2.45) is 5.73 Å². The standard InChI is InChI=1S/C5H7NO5S2/c6-3(7)5-12-2(4(8)9)1-13(5,10)11/h2,5H,1H2,(H2,6,7)(H,8,9). The Morgan fingerprint density at radius 1 is 1.46 bits per heavy atom. The van der Waals surface area contributed by atoms with Crippen molar-refractivity contribution in [3.8, 4) is 0 Å². The molecule has 1 fully saturated rings. The molecule has 6 nitrogen and oxygen atoms in total. The van der Waals surface area contributed by atoms with Crippen LogP contribution in [0.25, 0.3) is 0 Å². The number of amides is 1. The van der Waals surface area contributed by atoms with Crippen LogP contribution in [0.5, 0.6) is 0 Å². The molecule has 1 amide bonds. The molecule has 2 unspecified atom stereocenters. The van der Waals surface area contributed by atoms with Gasteiger partial charge in [-0.15, -0.1) is 11.8 Å². The quantitative estimate of drug-likeness (QED) is 0.585. The van der Waals surface area contributed by atoms with E-state index in [-0.39, 0.29) is 0 Å². The van der Waals surface area contributed by atoms with E-state index in [9.17, 15) is 18.0 Å². The summed E-state index contributed by atoms with van der Waals surface area (Å²) in [5, 5.41) is 7.43. The van der Waals surface area contributed by atoms with Gasteiger partial charge in [-0.1, -0.05) is 0 Å². The number of hydrogen-bond acceptors (Lipinski definition) is 5. The minimum atomic E-state index is -3.67. The summed E-state index contributed by atoms with van der Waals surface area (Å²) >= 11 is 0.572. The predicted molar refractivity (Wildman–Crippen MR) is 45.8 cm³/mol. The minimum Gasteiger partial charge on any atom is -0.480 e. The number of sulfone groups is 1. The summed E-state index contributed by atoms with van der Waals surface area (Å²) in [7, 11) is -3.67. The first-order valence-corrected chi connectivity index (χ1v) is 5.89. The maximum Gasteiger partial charge on any atom is 0.317 e. The molecule has 0 bridgehead atoms. The Balaban J connectivity index is 2.93. The van der Waals surface area contributed by atoms with Crippen LogP contribution < -0.4 is 5.73 Å². The zero-order chi connectivity index (χ0) is 10.2. The average Bonchev–Trinajstić information content (AvgIpc) is 2.25. The van der Waals surface area contributed by atoms with E-state index in [1.165, 1.54) is 0 Å². The summed E-state index contributed by atoms with van der Waals surface area (Å²) in [6.07, 6.45) is 0. The number of carbonyl (C=O) groups is 2. The third-order valence-electron chi connectivity index (χ3n) is 1.51. The van der Waals surface area contributed by atoms with Crippen LogP contribution in [0.2, 0.25) is 0 Å². The molecule has 74 valence electrons. The van der Waals surface area contributed by atoms with Crippen molar-refractivity contribution in [2.75, 3.05) is 5.75 Å². The molecule has 0 saturated carbocycles. The fraction of sp³-hybridized carbons (Fsp3) is 0.600. The number of thioether (sulfide) groups is 1. The van der Waals surface area contributed by atoms with Crippen LogP contribution in [0.4, 0.5) is 0 Å². The molecule has 0 spiro atoms. The van der Waals surface area contributed by atoms with Crippen molar-refractivity contribution < 1.29 is 23.1 Å². The topological polar surface area (TPSA) is 115 Å². The van der Waals surface area contributed by atoms with Crippen LogP contribution in [-0.4, -0.2) is 41.0 Å². The summed E-state index contributed by atoms with van der Waals surface area (Å²) in [6.45, 7) is 0. The first-order valence-electron chi connectivity index (χ1n) is 3.24. The SMILES string of the molecule is NC(=O)C1SC(C(=O)O)CS1(=O)=O. The lowest BCUT2D eigenvalue weighted by Gasteiger charge is -2.01. The molecule has 1 aliphatic heterocycles. The number of carboxylic acid groups (broad SMARTS) is 1. The largest absolute Gasteiger partial charge is 0.480 e. The molecule has 0 aromatic rings. The maximum atomic E-state index is 11.1. The molecule has 1 rings (SSSR count). The average molecular weight is 225 g/mol.